The first-order chi connectivity index (χ1) is 9.90. The number of nitrogens with two attached hydrogens (primary N) is 1. The molecule has 0 aliphatic carbocycles. The molecule has 0 saturated carbocycles. The first-order valence-electron chi connectivity index (χ1n) is 7.43. The number of benzene rings is 1. The van der Waals surface area contributed by atoms with E-state index in [-0.39, 0.29) is 11.8 Å². The van der Waals surface area contributed by atoms with E-state index in [1.807, 2.05) is 0 Å². The summed E-state index contributed by atoms with van der Waals surface area (Å²) in [6, 6.07) is 5.15. The van der Waals surface area contributed by atoms with Gasteiger partial charge >= 0.3 is 0 Å². The van der Waals surface area contributed by atoms with E-state index in [1.165, 1.54) is 4.90 Å². The molecular formula is C16H27N3O2. The largest absolute Gasteiger partial charge is 0.399 e. The molecule has 0 radical (unpaired) electrons. The number of hydrogen-bond acceptors (Lipinski definition) is 4. The molecule has 21 heavy (non-hydrogen) atoms. The summed E-state index contributed by atoms with van der Waals surface area (Å²) >= 11 is 0. The van der Waals surface area contributed by atoms with E-state index in [0.29, 0.717) is 23.5 Å². The molecule has 1 atom stereocenters. The summed E-state index contributed by atoms with van der Waals surface area (Å²) in [5, 5.41) is 13.4. The average Bonchev–Trinajstić information content (AvgIpc) is 2.45. The summed E-state index contributed by atoms with van der Waals surface area (Å²) in [5.74, 6) is 0.168. The van der Waals surface area contributed by atoms with Gasteiger partial charge in [0.15, 0.2) is 0 Å². The second-order valence-electron chi connectivity index (χ2n) is 5.53. The molecule has 0 saturated heterocycles. The van der Waals surface area contributed by atoms with Crippen LogP contribution in [0.2, 0.25) is 0 Å². The second kappa shape index (κ2) is 7.88. The van der Waals surface area contributed by atoms with Crippen LogP contribution in [0.3, 0.4) is 0 Å². The maximum absolute atomic E-state index is 12.2. The lowest BCUT2D eigenvalue weighted by molar-refractivity contribution is 0.0828. The van der Waals surface area contributed by atoms with Crippen molar-refractivity contribution in [3.8, 4) is 0 Å². The van der Waals surface area contributed by atoms with Gasteiger partial charge in [-0.3, -0.25) is 4.79 Å². The predicted molar refractivity (Wildman–Crippen MR) is 87.4 cm³/mol. The summed E-state index contributed by atoms with van der Waals surface area (Å²) in [6.45, 7) is 4.54. The number of rotatable bonds is 7. The molecular weight excluding hydrogens is 266 g/mol. The molecule has 1 amide bonds. The Kier molecular flexibility index (Phi) is 6.49. The van der Waals surface area contributed by atoms with Crippen LogP contribution in [0.1, 0.15) is 37.0 Å². The maximum atomic E-state index is 12.2. The molecule has 118 valence electrons. The fourth-order valence-corrected chi connectivity index (χ4v) is 2.35. The van der Waals surface area contributed by atoms with E-state index < -0.39 is 6.10 Å². The summed E-state index contributed by atoms with van der Waals surface area (Å²) in [7, 11) is 3.42. The third kappa shape index (κ3) is 4.63. The Morgan fingerprint density at radius 2 is 1.95 bits per heavy atom. The molecule has 4 N–H and O–H groups in total. The van der Waals surface area contributed by atoms with Gasteiger partial charge in [0, 0.05) is 32.0 Å². The highest BCUT2D eigenvalue weighted by Crippen LogP contribution is 2.21. The summed E-state index contributed by atoms with van der Waals surface area (Å²) in [5.41, 5.74) is 7.61. The van der Waals surface area contributed by atoms with Crippen LogP contribution in [0, 0.1) is 5.92 Å². The maximum Gasteiger partial charge on any atom is 0.255 e. The van der Waals surface area contributed by atoms with Crippen LogP contribution in [0.4, 0.5) is 11.4 Å². The third-order valence-electron chi connectivity index (χ3n) is 3.77. The fraction of sp³-hybridized carbons (Fsp3) is 0.562. The molecule has 0 aromatic heterocycles. The van der Waals surface area contributed by atoms with Crippen LogP contribution in [0.5, 0.6) is 0 Å². The van der Waals surface area contributed by atoms with Crippen LogP contribution in [-0.2, 0) is 0 Å². The molecule has 1 unspecified atom stereocenters. The molecule has 0 aliphatic rings. The van der Waals surface area contributed by atoms with Crippen LogP contribution in [-0.4, -0.2) is 42.7 Å². The zero-order valence-corrected chi connectivity index (χ0v) is 13.4. The number of nitrogens with one attached hydrogen (secondary N) is 1. The van der Waals surface area contributed by atoms with E-state index in [4.69, 9.17) is 5.73 Å². The van der Waals surface area contributed by atoms with Gasteiger partial charge in [0.1, 0.15) is 0 Å². The Bertz CT molecular complexity index is 471. The van der Waals surface area contributed by atoms with E-state index in [2.05, 4.69) is 19.2 Å². The van der Waals surface area contributed by atoms with Gasteiger partial charge in [-0.05, 0) is 24.1 Å². The van der Waals surface area contributed by atoms with Crippen molar-refractivity contribution < 1.29 is 9.90 Å². The quantitative estimate of drug-likeness (QED) is 0.673. The van der Waals surface area contributed by atoms with Crippen LogP contribution >= 0.6 is 0 Å². The normalized spacial score (nSPS) is 12.3. The molecule has 1 aromatic carbocycles. The van der Waals surface area contributed by atoms with Crippen molar-refractivity contribution in [2.24, 2.45) is 5.92 Å². The SMILES string of the molecule is CCC(CC)C(O)CNc1cc(N)ccc1C(=O)N(C)C. The Hall–Kier alpha value is -1.75. The minimum atomic E-state index is -0.441. The third-order valence-corrected chi connectivity index (χ3v) is 3.77. The van der Waals surface area contributed by atoms with Gasteiger partial charge in [0.25, 0.3) is 5.91 Å². The molecule has 0 bridgehead atoms. The van der Waals surface area contributed by atoms with Crippen LogP contribution < -0.4 is 11.1 Å². The van der Waals surface area contributed by atoms with E-state index in [1.54, 1.807) is 32.3 Å². The lowest BCUT2D eigenvalue weighted by Gasteiger charge is -2.22. The number of amides is 1. The summed E-state index contributed by atoms with van der Waals surface area (Å²) in [6.07, 6.45) is 1.42. The Labute approximate surface area is 127 Å². The highest BCUT2D eigenvalue weighted by Gasteiger charge is 2.18. The van der Waals surface area contributed by atoms with E-state index in [0.717, 1.165) is 12.8 Å². The van der Waals surface area contributed by atoms with Crippen LogP contribution in [0.25, 0.3) is 0 Å². The monoisotopic (exact) mass is 293 g/mol. The molecule has 5 nitrogen and oxygen atoms in total. The minimum Gasteiger partial charge on any atom is -0.399 e. The molecule has 0 aliphatic heterocycles. The van der Waals surface area contributed by atoms with E-state index >= 15 is 0 Å². The lowest BCUT2D eigenvalue weighted by Crippen LogP contribution is -2.29. The van der Waals surface area contributed by atoms with Crippen molar-refractivity contribution in [3.63, 3.8) is 0 Å². The second-order valence-corrected chi connectivity index (χ2v) is 5.53. The fourth-order valence-electron chi connectivity index (χ4n) is 2.35. The summed E-state index contributed by atoms with van der Waals surface area (Å²) in [4.78, 5) is 13.7. The Balaban J connectivity index is 2.87. The molecule has 0 fully saturated rings. The molecule has 5 heteroatoms. The highest BCUT2D eigenvalue weighted by molar-refractivity contribution is 6.00. The zero-order chi connectivity index (χ0) is 16.0. The molecule has 0 heterocycles. The lowest BCUT2D eigenvalue weighted by atomic mass is 9.96. The standard InChI is InChI=1S/C16H27N3O2/c1-5-11(6-2)15(20)10-18-14-9-12(17)7-8-13(14)16(21)19(3)4/h7-9,11,15,18,20H,5-6,10,17H2,1-4H3. The number of carbonyl (C=O) groups excluding carboxylic acids is 1. The number of hydrogen-bond donors (Lipinski definition) is 3. The number of carbonyl (C=O) groups is 1. The Morgan fingerprint density at radius 3 is 2.48 bits per heavy atom. The smallest absolute Gasteiger partial charge is 0.255 e. The zero-order valence-electron chi connectivity index (χ0n) is 13.4. The van der Waals surface area contributed by atoms with Crippen molar-refractivity contribution in [2.75, 3.05) is 31.7 Å². The predicted octanol–water partition coefficient (Wildman–Crippen LogP) is 2.18. The van der Waals surface area contributed by atoms with Gasteiger partial charge in [-0.15, -0.1) is 0 Å². The van der Waals surface area contributed by atoms with Gasteiger partial charge < -0.3 is 21.1 Å². The molecule has 0 spiro atoms. The number of aliphatic hydroxyl groups is 1. The Morgan fingerprint density at radius 1 is 1.33 bits per heavy atom. The molecule has 1 aromatic rings. The highest BCUT2D eigenvalue weighted by atomic mass is 16.3. The van der Waals surface area contributed by atoms with Crippen molar-refractivity contribution in [2.45, 2.75) is 32.8 Å². The minimum absolute atomic E-state index is 0.0884. The van der Waals surface area contributed by atoms with Gasteiger partial charge in [0.2, 0.25) is 0 Å². The number of nitrogens with zero attached hydrogens (tertiary/aromatic N) is 1. The van der Waals surface area contributed by atoms with Crippen molar-refractivity contribution in [1.29, 1.82) is 0 Å². The van der Waals surface area contributed by atoms with Gasteiger partial charge in [-0.2, -0.15) is 0 Å². The average molecular weight is 293 g/mol. The topological polar surface area (TPSA) is 78.6 Å². The first-order valence-corrected chi connectivity index (χ1v) is 7.43. The van der Waals surface area contributed by atoms with E-state index in [9.17, 15) is 9.90 Å². The number of nitrogen functional groups attached to an aromatic ring is 1. The first kappa shape index (κ1) is 17.3. The van der Waals surface area contributed by atoms with Crippen molar-refractivity contribution >= 4 is 17.3 Å². The van der Waals surface area contributed by atoms with Crippen LogP contribution in [0.15, 0.2) is 18.2 Å². The number of aliphatic hydroxyl groups excluding tert-OH is 1. The van der Waals surface area contributed by atoms with Gasteiger partial charge in [-0.25, -0.2) is 0 Å². The van der Waals surface area contributed by atoms with Crippen molar-refractivity contribution in [3.05, 3.63) is 23.8 Å². The summed E-state index contributed by atoms with van der Waals surface area (Å²) < 4.78 is 0. The molecule has 1 rings (SSSR count). The van der Waals surface area contributed by atoms with Gasteiger partial charge in [-0.1, -0.05) is 26.7 Å². The van der Waals surface area contributed by atoms with Gasteiger partial charge in [0.05, 0.1) is 11.7 Å². The van der Waals surface area contributed by atoms with Crippen molar-refractivity contribution in [1.82, 2.24) is 4.90 Å². The number of anilines is 2.